The van der Waals surface area contributed by atoms with Crippen LogP contribution in [0.1, 0.15) is 37.6 Å². The Morgan fingerprint density at radius 2 is 2.06 bits per heavy atom. The molecule has 0 saturated carbocycles. The standard InChI is InChI=1S/C15H20N2O/c1-15(2,3)8-10-17-14(18)12-6-4-5-11-7-9-16-13(11)12/h4-7,9,16H,8,10H2,1-3H3,(H,17,18). The molecular formula is C15H20N2O. The van der Waals surface area contributed by atoms with Crippen molar-refractivity contribution in [3.63, 3.8) is 0 Å². The summed E-state index contributed by atoms with van der Waals surface area (Å²) in [6.07, 6.45) is 2.83. The van der Waals surface area contributed by atoms with Gasteiger partial charge in [0.15, 0.2) is 0 Å². The molecule has 96 valence electrons. The van der Waals surface area contributed by atoms with Gasteiger partial charge in [0.05, 0.1) is 11.1 Å². The van der Waals surface area contributed by atoms with E-state index in [1.165, 1.54) is 0 Å². The first-order valence-corrected chi connectivity index (χ1v) is 6.32. The van der Waals surface area contributed by atoms with Crippen LogP contribution in [0.4, 0.5) is 0 Å². The van der Waals surface area contributed by atoms with Crippen LogP contribution in [0.2, 0.25) is 0 Å². The van der Waals surface area contributed by atoms with Crippen LogP contribution in [0.3, 0.4) is 0 Å². The molecule has 2 aromatic rings. The van der Waals surface area contributed by atoms with Crippen LogP contribution in [-0.2, 0) is 0 Å². The summed E-state index contributed by atoms with van der Waals surface area (Å²) in [5.41, 5.74) is 1.86. The van der Waals surface area contributed by atoms with E-state index in [2.05, 4.69) is 31.1 Å². The predicted octanol–water partition coefficient (Wildman–Crippen LogP) is 3.33. The van der Waals surface area contributed by atoms with Gasteiger partial charge >= 0.3 is 0 Å². The summed E-state index contributed by atoms with van der Waals surface area (Å²) in [7, 11) is 0. The van der Waals surface area contributed by atoms with Crippen molar-refractivity contribution in [2.24, 2.45) is 5.41 Å². The number of rotatable bonds is 3. The molecule has 1 aromatic carbocycles. The van der Waals surface area contributed by atoms with Gasteiger partial charge in [-0.25, -0.2) is 0 Å². The Hall–Kier alpha value is -1.77. The summed E-state index contributed by atoms with van der Waals surface area (Å²) in [5.74, 6) is -0.00713. The maximum absolute atomic E-state index is 12.1. The quantitative estimate of drug-likeness (QED) is 0.854. The van der Waals surface area contributed by atoms with Gasteiger partial charge in [0.2, 0.25) is 0 Å². The van der Waals surface area contributed by atoms with Crippen molar-refractivity contribution in [2.45, 2.75) is 27.2 Å². The van der Waals surface area contributed by atoms with E-state index < -0.39 is 0 Å². The van der Waals surface area contributed by atoms with Crippen LogP contribution in [0, 0.1) is 5.41 Å². The number of carbonyl (C=O) groups excluding carboxylic acids is 1. The predicted molar refractivity (Wildman–Crippen MR) is 74.7 cm³/mol. The number of hydrogen-bond acceptors (Lipinski definition) is 1. The highest BCUT2D eigenvalue weighted by Gasteiger charge is 2.13. The first-order valence-electron chi connectivity index (χ1n) is 6.32. The second-order valence-electron chi connectivity index (χ2n) is 5.81. The maximum atomic E-state index is 12.1. The zero-order valence-electron chi connectivity index (χ0n) is 11.2. The number of nitrogens with one attached hydrogen (secondary N) is 2. The van der Waals surface area contributed by atoms with Crippen LogP contribution in [0.5, 0.6) is 0 Å². The van der Waals surface area contributed by atoms with Crippen molar-refractivity contribution in [3.8, 4) is 0 Å². The van der Waals surface area contributed by atoms with Gasteiger partial charge in [0, 0.05) is 18.1 Å². The topological polar surface area (TPSA) is 44.9 Å². The molecule has 0 aliphatic rings. The zero-order valence-corrected chi connectivity index (χ0v) is 11.2. The van der Waals surface area contributed by atoms with E-state index in [0.29, 0.717) is 12.1 Å². The fourth-order valence-corrected chi connectivity index (χ4v) is 1.92. The number of amides is 1. The van der Waals surface area contributed by atoms with Crippen molar-refractivity contribution in [2.75, 3.05) is 6.54 Å². The SMILES string of the molecule is CC(C)(C)CCNC(=O)c1cccc2cc[nH]c12. The fraction of sp³-hybridized carbons (Fsp3) is 0.400. The number of H-pyrrole nitrogens is 1. The third-order valence-electron chi connectivity index (χ3n) is 2.99. The minimum Gasteiger partial charge on any atom is -0.361 e. The normalized spacial score (nSPS) is 11.7. The number of para-hydroxylation sites is 1. The molecule has 0 atom stereocenters. The molecule has 3 heteroatoms. The van der Waals surface area contributed by atoms with E-state index >= 15 is 0 Å². The number of aromatic nitrogens is 1. The molecular weight excluding hydrogens is 224 g/mol. The lowest BCUT2D eigenvalue weighted by atomic mass is 9.92. The van der Waals surface area contributed by atoms with E-state index in [4.69, 9.17) is 0 Å². The molecule has 0 spiro atoms. The summed E-state index contributed by atoms with van der Waals surface area (Å²) >= 11 is 0. The number of carbonyl (C=O) groups is 1. The average molecular weight is 244 g/mol. The molecule has 0 saturated heterocycles. The highest BCUT2D eigenvalue weighted by molar-refractivity contribution is 6.05. The second-order valence-corrected chi connectivity index (χ2v) is 5.81. The molecule has 1 amide bonds. The van der Waals surface area contributed by atoms with E-state index in [1.807, 2.05) is 30.5 Å². The summed E-state index contributed by atoms with van der Waals surface area (Å²) in [5, 5.41) is 4.05. The van der Waals surface area contributed by atoms with Gasteiger partial charge in [-0.3, -0.25) is 4.79 Å². The van der Waals surface area contributed by atoms with Crippen molar-refractivity contribution in [1.82, 2.24) is 10.3 Å². The van der Waals surface area contributed by atoms with Gasteiger partial charge in [0.1, 0.15) is 0 Å². The highest BCUT2D eigenvalue weighted by atomic mass is 16.1. The average Bonchev–Trinajstić information content (AvgIpc) is 2.74. The Morgan fingerprint density at radius 3 is 2.78 bits per heavy atom. The number of aromatic amines is 1. The van der Waals surface area contributed by atoms with Gasteiger partial charge < -0.3 is 10.3 Å². The number of fused-ring (bicyclic) bond motifs is 1. The molecule has 2 rings (SSSR count). The molecule has 0 aliphatic carbocycles. The summed E-state index contributed by atoms with van der Waals surface area (Å²) in [6, 6.07) is 7.74. The van der Waals surface area contributed by atoms with Gasteiger partial charge in [-0.2, -0.15) is 0 Å². The number of hydrogen-bond donors (Lipinski definition) is 2. The van der Waals surface area contributed by atoms with Crippen molar-refractivity contribution >= 4 is 16.8 Å². The summed E-state index contributed by atoms with van der Waals surface area (Å²) in [4.78, 5) is 15.2. The van der Waals surface area contributed by atoms with E-state index in [0.717, 1.165) is 17.3 Å². The molecule has 0 unspecified atom stereocenters. The van der Waals surface area contributed by atoms with Crippen LogP contribution in [0.25, 0.3) is 10.9 Å². The Labute approximate surface area is 108 Å². The largest absolute Gasteiger partial charge is 0.361 e. The first-order chi connectivity index (χ1) is 8.47. The molecule has 18 heavy (non-hydrogen) atoms. The molecule has 0 fully saturated rings. The smallest absolute Gasteiger partial charge is 0.253 e. The van der Waals surface area contributed by atoms with E-state index in [1.54, 1.807) is 0 Å². The van der Waals surface area contributed by atoms with E-state index in [-0.39, 0.29) is 11.3 Å². The Balaban J connectivity index is 2.07. The third kappa shape index (κ3) is 2.92. The highest BCUT2D eigenvalue weighted by Crippen LogP contribution is 2.18. The van der Waals surface area contributed by atoms with Gasteiger partial charge in [-0.1, -0.05) is 32.9 Å². The lowest BCUT2D eigenvalue weighted by Gasteiger charge is -2.18. The molecule has 2 N–H and O–H groups in total. The summed E-state index contributed by atoms with van der Waals surface area (Å²) in [6.45, 7) is 7.22. The first kappa shape index (κ1) is 12.7. The van der Waals surface area contributed by atoms with Gasteiger partial charge in [-0.15, -0.1) is 0 Å². The molecule has 1 heterocycles. The molecule has 3 nitrogen and oxygen atoms in total. The van der Waals surface area contributed by atoms with Crippen LogP contribution in [0.15, 0.2) is 30.5 Å². The maximum Gasteiger partial charge on any atom is 0.253 e. The monoisotopic (exact) mass is 244 g/mol. The fourth-order valence-electron chi connectivity index (χ4n) is 1.92. The van der Waals surface area contributed by atoms with Crippen molar-refractivity contribution in [3.05, 3.63) is 36.0 Å². The lowest BCUT2D eigenvalue weighted by molar-refractivity contribution is 0.0951. The van der Waals surface area contributed by atoms with Gasteiger partial charge in [-0.05, 0) is 24.0 Å². The van der Waals surface area contributed by atoms with Crippen molar-refractivity contribution < 1.29 is 4.79 Å². The summed E-state index contributed by atoms with van der Waals surface area (Å²) < 4.78 is 0. The lowest BCUT2D eigenvalue weighted by Crippen LogP contribution is -2.27. The number of benzene rings is 1. The molecule has 1 aromatic heterocycles. The minimum atomic E-state index is -0.00713. The van der Waals surface area contributed by atoms with Crippen LogP contribution < -0.4 is 5.32 Å². The Morgan fingerprint density at radius 1 is 1.28 bits per heavy atom. The molecule has 0 aliphatic heterocycles. The van der Waals surface area contributed by atoms with Crippen LogP contribution >= 0.6 is 0 Å². The Kier molecular flexibility index (Phi) is 3.41. The van der Waals surface area contributed by atoms with Crippen molar-refractivity contribution in [1.29, 1.82) is 0 Å². The zero-order chi connectivity index (χ0) is 13.2. The van der Waals surface area contributed by atoms with Gasteiger partial charge in [0.25, 0.3) is 5.91 Å². The van der Waals surface area contributed by atoms with Crippen LogP contribution in [-0.4, -0.2) is 17.4 Å². The molecule has 0 radical (unpaired) electrons. The molecule has 0 bridgehead atoms. The Bertz CT molecular complexity index is 549. The minimum absolute atomic E-state index is 0.00713. The second kappa shape index (κ2) is 4.84. The van der Waals surface area contributed by atoms with E-state index in [9.17, 15) is 4.79 Å². The third-order valence-corrected chi connectivity index (χ3v) is 2.99.